The molecule has 9 atom stereocenters. The maximum atomic E-state index is 13.5. The maximum absolute atomic E-state index is 13.5. The lowest BCUT2D eigenvalue weighted by molar-refractivity contribution is -0.209. The second-order valence-electron chi connectivity index (χ2n) is 12.3. The van der Waals surface area contributed by atoms with E-state index >= 15 is 0 Å². The van der Waals surface area contributed by atoms with Crippen LogP contribution in [0.25, 0.3) is 0 Å². The van der Waals surface area contributed by atoms with Crippen molar-refractivity contribution in [3.05, 3.63) is 23.8 Å². The van der Waals surface area contributed by atoms with E-state index in [0.717, 1.165) is 50.5 Å². The topological polar surface area (TPSA) is 93.1 Å². The second kappa shape index (κ2) is 7.83. The Hall–Kier alpha value is -1.34. The molecule has 5 fully saturated rings. The summed E-state index contributed by atoms with van der Waals surface area (Å²) in [7, 11) is 0. The van der Waals surface area contributed by atoms with E-state index < -0.39 is 30.0 Å². The van der Waals surface area contributed by atoms with E-state index in [1.54, 1.807) is 12.2 Å². The molecular weight excluding hydrogens is 432 g/mol. The van der Waals surface area contributed by atoms with E-state index in [-0.39, 0.29) is 46.8 Å². The summed E-state index contributed by atoms with van der Waals surface area (Å²) in [5.74, 6) is 0.360. The SMILES string of the molecule is C[C@]12C=CC(=O)C=C1CCC1C2C(O)C[C@@]2(C)C1CC1O[C@@H](C3CCCCC3)O[C@]12C(=O)CO. The predicted octanol–water partition coefficient (Wildman–Crippen LogP) is 3.50. The van der Waals surface area contributed by atoms with Crippen molar-refractivity contribution in [3.63, 3.8) is 0 Å². The van der Waals surface area contributed by atoms with E-state index in [1.165, 1.54) is 6.42 Å². The van der Waals surface area contributed by atoms with Gasteiger partial charge >= 0.3 is 0 Å². The van der Waals surface area contributed by atoms with Crippen LogP contribution in [0.5, 0.6) is 0 Å². The molecule has 6 rings (SSSR count). The lowest BCUT2D eigenvalue weighted by atomic mass is 9.46. The molecule has 1 saturated heterocycles. The molecule has 0 aromatic heterocycles. The molecule has 0 bridgehead atoms. The highest BCUT2D eigenvalue weighted by atomic mass is 16.7. The summed E-state index contributed by atoms with van der Waals surface area (Å²) in [6.07, 6.45) is 12.5. The molecule has 6 heteroatoms. The molecule has 0 spiro atoms. The number of carbonyl (C=O) groups excluding carboxylic acids is 2. The van der Waals surface area contributed by atoms with E-state index in [1.807, 2.05) is 6.08 Å². The number of hydrogen-bond acceptors (Lipinski definition) is 6. The third-order valence-electron chi connectivity index (χ3n) is 10.8. The third kappa shape index (κ3) is 2.89. The summed E-state index contributed by atoms with van der Waals surface area (Å²) in [6, 6.07) is 0. The Morgan fingerprint density at radius 3 is 2.68 bits per heavy atom. The number of carbonyl (C=O) groups is 2. The fourth-order valence-corrected chi connectivity index (χ4v) is 9.33. The van der Waals surface area contributed by atoms with Crippen LogP contribution in [0.15, 0.2) is 23.8 Å². The van der Waals surface area contributed by atoms with E-state index in [9.17, 15) is 19.8 Å². The molecule has 0 aromatic rings. The molecular formula is C28H38O6. The van der Waals surface area contributed by atoms with Crippen molar-refractivity contribution in [2.45, 2.75) is 95.7 Å². The number of hydrogen-bond donors (Lipinski definition) is 2. The highest BCUT2D eigenvalue weighted by Gasteiger charge is 2.76. The van der Waals surface area contributed by atoms with Gasteiger partial charge in [-0.05, 0) is 62.5 Å². The van der Waals surface area contributed by atoms with Crippen LogP contribution in [0.3, 0.4) is 0 Å². The summed E-state index contributed by atoms with van der Waals surface area (Å²) < 4.78 is 13.3. The fourth-order valence-electron chi connectivity index (χ4n) is 9.33. The average molecular weight is 471 g/mol. The van der Waals surface area contributed by atoms with Gasteiger partial charge in [0.05, 0.1) is 12.2 Å². The van der Waals surface area contributed by atoms with Crippen molar-refractivity contribution in [1.29, 1.82) is 0 Å². The highest BCUT2D eigenvalue weighted by molar-refractivity contribution is 6.01. The summed E-state index contributed by atoms with van der Waals surface area (Å²) in [6.45, 7) is 3.69. The summed E-state index contributed by atoms with van der Waals surface area (Å²) >= 11 is 0. The average Bonchev–Trinajstić information content (AvgIpc) is 3.32. The Morgan fingerprint density at radius 1 is 1.18 bits per heavy atom. The number of aliphatic hydroxyl groups is 2. The zero-order valence-electron chi connectivity index (χ0n) is 20.4. The van der Waals surface area contributed by atoms with Crippen LogP contribution in [0, 0.1) is 34.5 Å². The first-order valence-corrected chi connectivity index (χ1v) is 13.3. The molecule has 6 aliphatic rings. The Labute approximate surface area is 201 Å². The number of rotatable bonds is 3. The quantitative estimate of drug-likeness (QED) is 0.656. The monoisotopic (exact) mass is 470 g/mol. The lowest BCUT2D eigenvalue weighted by Crippen LogP contribution is -2.63. The van der Waals surface area contributed by atoms with Crippen LogP contribution in [-0.2, 0) is 19.1 Å². The molecule has 1 aliphatic heterocycles. The summed E-state index contributed by atoms with van der Waals surface area (Å²) in [5, 5.41) is 21.7. The zero-order chi connectivity index (χ0) is 23.9. The van der Waals surface area contributed by atoms with Crippen LogP contribution in [0.1, 0.15) is 71.6 Å². The van der Waals surface area contributed by atoms with Crippen LogP contribution < -0.4 is 0 Å². The van der Waals surface area contributed by atoms with Gasteiger partial charge < -0.3 is 19.7 Å². The molecule has 186 valence electrons. The normalized spacial score (nSPS) is 50.2. The first-order valence-electron chi connectivity index (χ1n) is 13.3. The summed E-state index contributed by atoms with van der Waals surface area (Å²) in [5.41, 5.74) is -1.04. The minimum Gasteiger partial charge on any atom is -0.393 e. The molecule has 1 heterocycles. The van der Waals surface area contributed by atoms with Crippen LogP contribution in [-0.4, -0.2) is 52.5 Å². The highest BCUT2D eigenvalue weighted by Crippen LogP contribution is 2.70. The Bertz CT molecular complexity index is 949. The predicted molar refractivity (Wildman–Crippen MR) is 125 cm³/mol. The molecule has 0 amide bonds. The van der Waals surface area contributed by atoms with Gasteiger partial charge in [0.2, 0.25) is 0 Å². The Morgan fingerprint density at radius 2 is 1.94 bits per heavy atom. The van der Waals surface area contributed by atoms with Gasteiger partial charge in [0.25, 0.3) is 0 Å². The number of allylic oxidation sites excluding steroid dienone is 4. The van der Waals surface area contributed by atoms with E-state index in [2.05, 4.69) is 13.8 Å². The minimum absolute atomic E-state index is 0.0100. The van der Waals surface area contributed by atoms with Gasteiger partial charge in [0.15, 0.2) is 23.5 Å². The molecule has 6 nitrogen and oxygen atoms in total. The van der Waals surface area contributed by atoms with Crippen molar-refractivity contribution in [2.24, 2.45) is 34.5 Å². The van der Waals surface area contributed by atoms with Gasteiger partial charge in [-0.3, -0.25) is 9.59 Å². The number of ketones is 2. The molecule has 5 unspecified atom stereocenters. The van der Waals surface area contributed by atoms with Crippen LogP contribution in [0.4, 0.5) is 0 Å². The van der Waals surface area contributed by atoms with Crippen molar-refractivity contribution in [2.75, 3.05) is 6.61 Å². The Kier molecular flexibility index (Phi) is 5.31. The molecule has 34 heavy (non-hydrogen) atoms. The van der Waals surface area contributed by atoms with Gasteiger partial charge in [-0.25, -0.2) is 0 Å². The second-order valence-corrected chi connectivity index (χ2v) is 12.3. The van der Waals surface area contributed by atoms with Crippen molar-refractivity contribution < 1.29 is 29.3 Å². The summed E-state index contributed by atoms with van der Waals surface area (Å²) in [4.78, 5) is 25.6. The molecule has 5 aliphatic carbocycles. The van der Waals surface area contributed by atoms with Gasteiger partial charge in [0.1, 0.15) is 6.61 Å². The first kappa shape index (κ1) is 23.1. The third-order valence-corrected chi connectivity index (χ3v) is 10.8. The molecule has 0 radical (unpaired) electrons. The van der Waals surface area contributed by atoms with E-state index in [0.29, 0.717) is 6.42 Å². The van der Waals surface area contributed by atoms with Crippen LogP contribution in [0.2, 0.25) is 0 Å². The van der Waals surface area contributed by atoms with Crippen molar-refractivity contribution in [3.8, 4) is 0 Å². The molecule has 0 aromatic carbocycles. The fraction of sp³-hybridized carbons (Fsp3) is 0.786. The van der Waals surface area contributed by atoms with Gasteiger partial charge in [-0.1, -0.05) is 44.8 Å². The number of Topliss-reactive ketones (excluding diaryl/α,β-unsaturated/α-hetero) is 1. The maximum Gasteiger partial charge on any atom is 0.193 e. The zero-order valence-corrected chi connectivity index (χ0v) is 20.4. The number of aliphatic hydroxyl groups excluding tert-OH is 2. The lowest BCUT2D eigenvalue weighted by Gasteiger charge is -2.59. The number of fused-ring (bicyclic) bond motifs is 7. The van der Waals surface area contributed by atoms with Gasteiger partial charge in [-0.2, -0.15) is 0 Å². The molecule has 4 saturated carbocycles. The number of ether oxygens (including phenoxy) is 2. The van der Waals surface area contributed by atoms with Crippen LogP contribution >= 0.6 is 0 Å². The smallest absolute Gasteiger partial charge is 0.193 e. The standard InChI is InChI=1S/C28H38O6/c1-26-11-10-18(30)12-17(26)8-9-19-20-13-23-28(22(32)15-29,27(20,2)14-21(31)24(19)26)34-25(33-23)16-6-4-3-5-7-16/h10-12,16,19-21,23-25,29,31H,3-9,13-15H2,1-2H3/t19?,20?,21?,23?,24?,25-,26+,27+,28-/m1/s1. The largest absolute Gasteiger partial charge is 0.393 e. The van der Waals surface area contributed by atoms with Crippen molar-refractivity contribution >= 4 is 11.6 Å². The van der Waals surface area contributed by atoms with Gasteiger partial charge in [0, 0.05) is 22.7 Å². The first-order chi connectivity index (χ1) is 16.2. The van der Waals surface area contributed by atoms with E-state index in [4.69, 9.17) is 9.47 Å². The van der Waals surface area contributed by atoms with Crippen molar-refractivity contribution in [1.82, 2.24) is 0 Å². The van der Waals surface area contributed by atoms with Gasteiger partial charge in [-0.15, -0.1) is 0 Å². The minimum atomic E-state index is -1.20. The Balaban J connectivity index is 1.37. The molecule has 2 N–H and O–H groups in total.